The average Bonchev–Trinajstić information content (AvgIpc) is 2.37. The summed E-state index contributed by atoms with van der Waals surface area (Å²) >= 11 is 0. The number of ether oxygens (including phenoxy) is 1. The third-order valence-electron chi connectivity index (χ3n) is 2.31. The Morgan fingerprint density at radius 3 is 2.78 bits per heavy atom. The minimum absolute atomic E-state index is 0.108. The van der Waals surface area contributed by atoms with E-state index in [1.54, 1.807) is 0 Å². The third kappa shape index (κ3) is 2.95. The quantitative estimate of drug-likeness (QED) is 0.450. The highest BCUT2D eigenvalue weighted by molar-refractivity contribution is 5.77. The van der Waals surface area contributed by atoms with E-state index in [2.05, 4.69) is 4.74 Å². The van der Waals surface area contributed by atoms with Crippen molar-refractivity contribution in [3.8, 4) is 6.07 Å². The average molecular weight is 249 g/mol. The maximum Gasteiger partial charge on any atom is 0.325 e. The van der Waals surface area contributed by atoms with E-state index in [0.29, 0.717) is 0 Å². The van der Waals surface area contributed by atoms with Crippen molar-refractivity contribution in [3.05, 3.63) is 33.9 Å². The molecule has 0 heterocycles. The first kappa shape index (κ1) is 13.4. The standard InChI is InChI=1S/C11H11N3O4/c1-13(7-11(15)18-2)9-4-3-8(6-12)5-10(9)14(16)17/h3-5H,7H2,1-2H3. The second-order valence-corrected chi connectivity index (χ2v) is 3.50. The Kier molecular flexibility index (Phi) is 4.21. The molecule has 1 aromatic carbocycles. The molecule has 0 radical (unpaired) electrons. The zero-order valence-corrected chi connectivity index (χ0v) is 9.91. The normalized spacial score (nSPS) is 9.39. The molecule has 0 unspecified atom stereocenters. The molecule has 7 nitrogen and oxygen atoms in total. The van der Waals surface area contributed by atoms with E-state index in [0.717, 1.165) is 0 Å². The Morgan fingerprint density at radius 2 is 2.28 bits per heavy atom. The first-order chi connectivity index (χ1) is 8.49. The number of anilines is 1. The second-order valence-electron chi connectivity index (χ2n) is 3.50. The SMILES string of the molecule is COC(=O)CN(C)c1ccc(C#N)cc1[N+](=O)[O-]. The Morgan fingerprint density at radius 1 is 1.61 bits per heavy atom. The molecule has 0 aromatic heterocycles. The van der Waals surface area contributed by atoms with Crippen molar-refractivity contribution in [2.75, 3.05) is 25.6 Å². The van der Waals surface area contributed by atoms with Crippen molar-refractivity contribution < 1.29 is 14.5 Å². The Labute approximate surface area is 103 Å². The molecule has 0 N–H and O–H groups in total. The number of benzene rings is 1. The van der Waals surface area contributed by atoms with Crippen LogP contribution < -0.4 is 4.90 Å². The van der Waals surface area contributed by atoms with Crippen LogP contribution in [-0.2, 0) is 9.53 Å². The van der Waals surface area contributed by atoms with Gasteiger partial charge in [0.15, 0.2) is 0 Å². The maximum absolute atomic E-state index is 11.1. The van der Waals surface area contributed by atoms with Crippen LogP contribution in [0.25, 0.3) is 0 Å². The molecule has 18 heavy (non-hydrogen) atoms. The first-order valence-corrected chi connectivity index (χ1v) is 4.96. The number of esters is 1. The molecule has 0 spiro atoms. The van der Waals surface area contributed by atoms with Crippen molar-refractivity contribution in [2.24, 2.45) is 0 Å². The van der Waals surface area contributed by atoms with Gasteiger partial charge in [0.25, 0.3) is 5.69 Å². The van der Waals surface area contributed by atoms with Crippen molar-refractivity contribution in [2.45, 2.75) is 0 Å². The first-order valence-electron chi connectivity index (χ1n) is 4.96. The lowest BCUT2D eigenvalue weighted by molar-refractivity contribution is -0.384. The molecule has 0 saturated heterocycles. The van der Waals surface area contributed by atoms with Gasteiger partial charge in [0.1, 0.15) is 12.2 Å². The van der Waals surface area contributed by atoms with Crippen LogP contribution in [0.2, 0.25) is 0 Å². The molecule has 0 amide bonds. The third-order valence-corrected chi connectivity index (χ3v) is 2.31. The van der Waals surface area contributed by atoms with E-state index in [1.807, 2.05) is 6.07 Å². The van der Waals surface area contributed by atoms with E-state index in [4.69, 9.17) is 5.26 Å². The van der Waals surface area contributed by atoms with E-state index >= 15 is 0 Å². The molecule has 0 aliphatic rings. The van der Waals surface area contributed by atoms with Crippen LogP contribution in [0, 0.1) is 21.4 Å². The predicted octanol–water partition coefficient (Wildman–Crippen LogP) is 1.08. The van der Waals surface area contributed by atoms with Gasteiger partial charge < -0.3 is 9.64 Å². The second kappa shape index (κ2) is 5.63. The molecular formula is C11H11N3O4. The molecule has 1 aromatic rings. The number of hydrogen-bond acceptors (Lipinski definition) is 6. The van der Waals surface area contributed by atoms with Crippen molar-refractivity contribution in [1.82, 2.24) is 0 Å². The van der Waals surface area contributed by atoms with E-state index in [9.17, 15) is 14.9 Å². The number of methoxy groups -OCH3 is 1. The molecule has 0 fully saturated rings. The highest BCUT2D eigenvalue weighted by Gasteiger charge is 2.19. The Balaban J connectivity index is 3.12. The summed E-state index contributed by atoms with van der Waals surface area (Å²) < 4.78 is 4.48. The minimum Gasteiger partial charge on any atom is -0.468 e. The summed E-state index contributed by atoms with van der Waals surface area (Å²) in [6.45, 7) is -0.108. The Hall–Kier alpha value is -2.62. The van der Waals surface area contributed by atoms with Crippen LogP contribution in [0.15, 0.2) is 18.2 Å². The number of nitro groups is 1. The van der Waals surface area contributed by atoms with Crippen molar-refractivity contribution >= 4 is 17.3 Å². The summed E-state index contributed by atoms with van der Waals surface area (Å²) in [6.07, 6.45) is 0. The zero-order chi connectivity index (χ0) is 13.7. The lowest BCUT2D eigenvalue weighted by atomic mass is 10.2. The van der Waals surface area contributed by atoms with Gasteiger partial charge in [-0.15, -0.1) is 0 Å². The molecule has 94 valence electrons. The Bertz CT molecular complexity index is 522. The monoisotopic (exact) mass is 249 g/mol. The van der Waals surface area contributed by atoms with Crippen molar-refractivity contribution in [1.29, 1.82) is 5.26 Å². The molecule has 0 aliphatic carbocycles. The van der Waals surface area contributed by atoms with Gasteiger partial charge in [-0.2, -0.15) is 5.26 Å². The highest BCUT2D eigenvalue weighted by Crippen LogP contribution is 2.28. The van der Waals surface area contributed by atoms with Crippen LogP contribution in [0.5, 0.6) is 0 Å². The van der Waals surface area contributed by atoms with Gasteiger partial charge in [0.2, 0.25) is 0 Å². The zero-order valence-electron chi connectivity index (χ0n) is 9.91. The van der Waals surface area contributed by atoms with Gasteiger partial charge in [-0.05, 0) is 12.1 Å². The highest BCUT2D eigenvalue weighted by atomic mass is 16.6. The van der Waals surface area contributed by atoms with Crippen LogP contribution in [0.1, 0.15) is 5.56 Å². The van der Waals surface area contributed by atoms with Crippen LogP contribution in [-0.4, -0.2) is 31.6 Å². The van der Waals surface area contributed by atoms with Gasteiger partial charge in [0, 0.05) is 13.1 Å². The summed E-state index contributed by atoms with van der Waals surface area (Å²) in [5.41, 5.74) is 0.224. The fourth-order valence-electron chi connectivity index (χ4n) is 1.41. The fraction of sp³-hybridized carbons (Fsp3) is 0.273. The number of carbonyl (C=O) groups excluding carboxylic acids is 1. The number of nitriles is 1. The number of likely N-dealkylation sites (N-methyl/N-ethyl adjacent to an activating group) is 1. The number of carbonyl (C=O) groups is 1. The molecule has 0 bridgehead atoms. The maximum atomic E-state index is 11.1. The van der Waals surface area contributed by atoms with Gasteiger partial charge in [-0.25, -0.2) is 0 Å². The topological polar surface area (TPSA) is 96.5 Å². The van der Waals surface area contributed by atoms with Crippen LogP contribution in [0.3, 0.4) is 0 Å². The van der Waals surface area contributed by atoms with Crippen LogP contribution >= 0.6 is 0 Å². The largest absolute Gasteiger partial charge is 0.468 e. The summed E-state index contributed by atoms with van der Waals surface area (Å²) in [5, 5.41) is 19.6. The molecule has 7 heteroatoms. The summed E-state index contributed by atoms with van der Waals surface area (Å²) in [6, 6.07) is 5.88. The van der Waals surface area contributed by atoms with Gasteiger partial charge in [-0.1, -0.05) is 0 Å². The molecule has 0 saturated carbocycles. The summed E-state index contributed by atoms with van der Waals surface area (Å²) in [7, 11) is 2.77. The van der Waals surface area contributed by atoms with Gasteiger partial charge in [0.05, 0.1) is 23.7 Å². The summed E-state index contributed by atoms with van der Waals surface area (Å²) in [4.78, 5) is 22.8. The lowest BCUT2D eigenvalue weighted by Gasteiger charge is -2.17. The molecule has 1 rings (SSSR count). The van der Waals surface area contributed by atoms with Crippen molar-refractivity contribution in [3.63, 3.8) is 0 Å². The van der Waals surface area contributed by atoms with Crippen LogP contribution in [0.4, 0.5) is 11.4 Å². The predicted molar refractivity (Wildman–Crippen MR) is 63.1 cm³/mol. The minimum atomic E-state index is -0.593. The number of nitrogens with zero attached hydrogens (tertiary/aromatic N) is 3. The van der Waals surface area contributed by atoms with Gasteiger partial charge in [-0.3, -0.25) is 14.9 Å². The fourth-order valence-corrected chi connectivity index (χ4v) is 1.41. The van der Waals surface area contributed by atoms with E-state index in [-0.39, 0.29) is 23.5 Å². The molecular weight excluding hydrogens is 238 g/mol. The van der Waals surface area contributed by atoms with Gasteiger partial charge >= 0.3 is 5.97 Å². The molecule has 0 aliphatic heterocycles. The lowest BCUT2D eigenvalue weighted by Crippen LogP contribution is -2.27. The number of nitro benzene ring substituents is 1. The smallest absolute Gasteiger partial charge is 0.325 e. The van der Waals surface area contributed by atoms with E-state index in [1.165, 1.54) is 37.3 Å². The molecule has 0 atom stereocenters. The number of hydrogen-bond donors (Lipinski definition) is 0. The summed E-state index contributed by atoms with van der Waals surface area (Å²) in [5.74, 6) is -0.504. The van der Waals surface area contributed by atoms with E-state index < -0.39 is 10.9 Å². The number of rotatable bonds is 4.